The molecule has 6 nitrogen and oxygen atoms in total. The number of benzene rings is 2. The number of amides is 1. The lowest BCUT2D eigenvalue weighted by atomic mass is 10.1. The van der Waals surface area contributed by atoms with Crippen LogP contribution in [0.4, 0.5) is 0 Å². The first-order chi connectivity index (χ1) is 13.7. The molecule has 0 radical (unpaired) electrons. The summed E-state index contributed by atoms with van der Waals surface area (Å²) in [4.78, 5) is 17.1. The van der Waals surface area contributed by atoms with Crippen LogP contribution in [-0.4, -0.2) is 62.3 Å². The SMILES string of the molecule is COc1ccc(CCCN2CCN(C(=O)c3ccc4c(c3)OCO4)CC2)cc1. The Morgan fingerprint density at radius 1 is 1.00 bits per heavy atom. The van der Waals surface area contributed by atoms with Gasteiger partial charge in [-0.25, -0.2) is 0 Å². The molecule has 148 valence electrons. The number of piperazine rings is 1. The van der Waals surface area contributed by atoms with Crippen LogP contribution >= 0.6 is 0 Å². The molecule has 1 fully saturated rings. The molecule has 2 heterocycles. The lowest BCUT2D eigenvalue weighted by molar-refractivity contribution is 0.0635. The molecule has 0 spiro atoms. The van der Waals surface area contributed by atoms with Crippen LogP contribution in [0.25, 0.3) is 0 Å². The Morgan fingerprint density at radius 3 is 2.50 bits per heavy atom. The number of hydrogen-bond donors (Lipinski definition) is 0. The molecule has 2 aliphatic heterocycles. The van der Waals surface area contributed by atoms with Gasteiger partial charge < -0.3 is 19.1 Å². The summed E-state index contributed by atoms with van der Waals surface area (Å²) in [5.74, 6) is 2.32. The normalized spacial score (nSPS) is 16.2. The fourth-order valence-electron chi connectivity index (χ4n) is 3.69. The van der Waals surface area contributed by atoms with Crippen LogP contribution in [0.15, 0.2) is 42.5 Å². The highest BCUT2D eigenvalue weighted by molar-refractivity contribution is 5.95. The Balaban J connectivity index is 1.22. The van der Waals surface area contributed by atoms with E-state index in [9.17, 15) is 4.79 Å². The summed E-state index contributed by atoms with van der Waals surface area (Å²) in [7, 11) is 1.69. The molecule has 6 heteroatoms. The number of fused-ring (bicyclic) bond motifs is 1. The Kier molecular flexibility index (Phi) is 5.67. The van der Waals surface area contributed by atoms with E-state index in [1.165, 1.54) is 5.56 Å². The zero-order chi connectivity index (χ0) is 19.3. The van der Waals surface area contributed by atoms with Gasteiger partial charge in [0.1, 0.15) is 5.75 Å². The van der Waals surface area contributed by atoms with Crippen molar-refractivity contribution in [1.29, 1.82) is 0 Å². The minimum atomic E-state index is 0.0659. The average molecular weight is 382 g/mol. The monoisotopic (exact) mass is 382 g/mol. The lowest BCUT2D eigenvalue weighted by Crippen LogP contribution is -2.48. The van der Waals surface area contributed by atoms with E-state index in [1.54, 1.807) is 13.2 Å². The van der Waals surface area contributed by atoms with Crippen molar-refractivity contribution in [1.82, 2.24) is 9.80 Å². The summed E-state index contributed by atoms with van der Waals surface area (Å²) in [6, 6.07) is 13.7. The minimum absolute atomic E-state index is 0.0659. The molecule has 28 heavy (non-hydrogen) atoms. The number of carbonyl (C=O) groups excluding carboxylic acids is 1. The van der Waals surface area contributed by atoms with Crippen molar-refractivity contribution in [2.75, 3.05) is 46.6 Å². The molecule has 0 aliphatic carbocycles. The second kappa shape index (κ2) is 8.52. The van der Waals surface area contributed by atoms with Gasteiger partial charge in [0.05, 0.1) is 7.11 Å². The molecule has 2 aromatic carbocycles. The predicted molar refractivity (Wildman–Crippen MR) is 106 cm³/mol. The van der Waals surface area contributed by atoms with Gasteiger partial charge in [-0.3, -0.25) is 9.69 Å². The van der Waals surface area contributed by atoms with Gasteiger partial charge in [-0.1, -0.05) is 12.1 Å². The van der Waals surface area contributed by atoms with E-state index in [-0.39, 0.29) is 12.7 Å². The average Bonchev–Trinajstić information content (AvgIpc) is 3.22. The van der Waals surface area contributed by atoms with Gasteiger partial charge in [-0.15, -0.1) is 0 Å². The highest BCUT2D eigenvalue weighted by Crippen LogP contribution is 2.32. The first kappa shape index (κ1) is 18.6. The summed E-state index contributed by atoms with van der Waals surface area (Å²) >= 11 is 0. The first-order valence-electron chi connectivity index (χ1n) is 9.77. The molecule has 0 unspecified atom stereocenters. The van der Waals surface area contributed by atoms with Crippen molar-refractivity contribution in [2.45, 2.75) is 12.8 Å². The Labute approximate surface area is 165 Å². The van der Waals surface area contributed by atoms with Gasteiger partial charge in [0.15, 0.2) is 11.5 Å². The maximum Gasteiger partial charge on any atom is 0.254 e. The lowest BCUT2D eigenvalue weighted by Gasteiger charge is -2.34. The summed E-state index contributed by atoms with van der Waals surface area (Å²) in [5, 5.41) is 0. The number of hydrogen-bond acceptors (Lipinski definition) is 5. The van der Waals surface area contributed by atoms with Crippen molar-refractivity contribution >= 4 is 5.91 Å². The molecule has 0 atom stereocenters. The van der Waals surface area contributed by atoms with E-state index < -0.39 is 0 Å². The van der Waals surface area contributed by atoms with E-state index >= 15 is 0 Å². The van der Waals surface area contributed by atoms with Crippen LogP contribution in [0.5, 0.6) is 17.2 Å². The van der Waals surface area contributed by atoms with Crippen molar-refractivity contribution in [3.05, 3.63) is 53.6 Å². The zero-order valence-corrected chi connectivity index (χ0v) is 16.2. The predicted octanol–water partition coefficient (Wildman–Crippen LogP) is 2.81. The Bertz CT molecular complexity index is 814. The molecule has 4 rings (SSSR count). The summed E-state index contributed by atoms with van der Waals surface area (Å²) < 4.78 is 15.9. The Morgan fingerprint density at radius 2 is 1.75 bits per heavy atom. The van der Waals surface area contributed by atoms with Crippen molar-refractivity contribution in [2.24, 2.45) is 0 Å². The number of carbonyl (C=O) groups is 1. The van der Waals surface area contributed by atoms with Crippen molar-refractivity contribution in [3.8, 4) is 17.2 Å². The van der Waals surface area contributed by atoms with Gasteiger partial charge in [-0.05, 0) is 55.3 Å². The van der Waals surface area contributed by atoms with Gasteiger partial charge in [0.2, 0.25) is 6.79 Å². The van der Waals surface area contributed by atoms with Gasteiger partial charge in [0, 0.05) is 31.7 Å². The van der Waals surface area contributed by atoms with Crippen LogP contribution in [0.1, 0.15) is 22.3 Å². The zero-order valence-electron chi connectivity index (χ0n) is 16.2. The fraction of sp³-hybridized carbons (Fsp3) is 0.409. The largest absolute Gasteiger partial charge is 0.497 e. The van der Waals surface area contributed by atoms with Crippen LogP contribution in [0.3, 0.4) is 0 Å². The summed E-state index contributed by atoms with van der Waals surface area (Å²) in [6.07, 6.45) is 2.17. The van der Waals surface area contributed by atoms with E-state index in [0.717, 1.165) is 51.3 Å². The van der Waals surface area contributed by atoms with E-state index in [1.807, 2.05) is 29.2 Å². The van der Waals surface area contributed by atoms with Gasteiger partial charge >= 0.3 is 0 Å². The van der Waals surface area contributed by atoms with Crippen molar-refractivity contribution < 1.29 is 19.0 Å². The van der Waals surface area contributed by atoms with Gasteiger partial charge in [-0.2, -0.15) is 0 Å². The molecule has 2 aliphatic rings. The number of rotatable bonds is 6. The highest BCUT2D eigenvalue weighted by Gasteiger charge is 2.23. The highest BCUT2D eigenvalue weighted by atomic mass is 16.7. The van der Waals surface area contributed by atoms with Gasteiger partial charge in [0.25, 0.3) is 5.91 Å². The quantitative estimate of drug-likeness (QED) is 0.769. The molecular formula is C22H26N2O4. The molecule has 0 aromatic heterocycles. The molecule has 1 saturated heterocycles. The van der Waals surface area contributed by atoms with Crippen LogP contribution in [0, 0.1) is 0 Å². The maximum absolute atomic E-state index is 12.8. The number of nitrogens with zero attached hydrogens (tertiary/aromatic N) is 2. The number of ether oxygens (including phenoxy) is 3. The molecular weight excluding hydrogens is 356 g/mol. The van der Waals surface area contributed by atoms with E-state index in [0.29, 0.717) is 17.1 Å². The van der Waals surface area contributed by atoms with Crippen LogP contribution in [0.2, 0.25) is 0 Å². The first-order valence-corrected chi connectivity index (χ1v) is 9.77. The second-order valence-electron chi connectivity index (χ2n) is 7.15. The minimum Gasteiger partial charge on any atom is -0.497 e. The maximum atomic E-state index is 12.8. The van der Waals surface area contributed by atoms with Crippen LogP contribution < -0.4 is 14.2 Å². The van der Waals surface area contributed by atoms with Crippen LogP contribution in [-0.2, 0) is 6.42 Å². The smallest absolute Gasteiger partial charge is 0.254 e. The standard InChI is InChI=1S/C22H26N2O4/c1-26-19-7-4-17(5-8-19)3-2-10-23-11-13-24(14-12-23)22(25)18-6-9-20-21(15-18)28-16-27-20/h4-9,15H,2-3,10-14,16H2,1H3. The molecule has 0 N–H and O–H groups in total. The van der Waals surface area contributed by atoms with Crippen molar-refractivity contribution in [3.63, 3.8) is 0 Å². The second-order valence-corrected chi connectivity index (χ2v) is 7.15. The van der Waals surface area contributed by atoms with E-state index in [4.69, 9.17) is 14.2 Å². The Hall–Kier alpha value is -2.73. The third-order valence-corrected chi connectivity index (χ3v) is 5.38. The molecule has 2 aromatic rings. The number of aryl methyl sites for hydroxylation is 1. The topological polar surface area (TPSA) is 51.2 Å². The summed E-state index contributed by atoms with van der Waals surface area (Å²) in [6.45, 7) is 4.63. The summed E-state index contributed by atoms with van der Waals surface area (Å²) in [5.41, 5.74) is 2.00. The molecule has 1 amide bonds. The molecule has 0 bridgehead atoms. The van der Waals surface area contributed by atoms with E-state index in [2.05, 4.69) is 17.0 Å². The number of methoxy groups -OCH3 is 1. The third kappa shape index (κ3) is 4.22. The third-order valence-electron chi connectivity index (χ3n) is 5.38. The fourth-order valence-corrected chi connectivity index (χ4v) is 3.69. The molecule has 0 saturated carbocycles.